The largest absolute Gasteiger partial charge is 0.443 e. The lowest BCUT2D eigenvalue weighted by Gasteiger charge is -2.42. The summed E-state index contributed by atoms with van der Waals surface area (Å²) >= 11 is 5.39. The molecule has 0 radical (unpaired) electrons. The lowest BCUT2D eigenvalue weighted by molar-refractivity contribution is -0.0574. The van der Waals surface area contributed by atoms with Crippen LogP contribution in [0.25, 0.3) is 0 Å². The molecule has 2 aromatic carbocycles. The average molecular weight is 555 g/mol. The van der Waals surface area contributed by atoms with E-state index in [-0.39, 0.29) is 16.4 Å². The van der Waals surface area contributed by atoms with Gasteiger partial charge in [-0.2, -0.15) is 5.10 Å². The highest BCUT2D eigenvalue weighted by atomic mass is 32.1. The molecule has 0 aliphatic rings. The molecule has 1 amide bonds. The van der Waals surface area contributed by atoms with E-state index in [9.17, 15) is 23.1 Å². The summed E-state index contributed by atoms with van der Waals surface area (Å²) in [5, 5.41) is 19.0. The third-order valence-corrected chi connectivity index (χ3v) is 5.65. The lowest BCUT2D eigenvalue weighted by Crippen LogP contribution is -2.61. The second-order valence-corrected chi connectivity index (χ2v) is 9.74. The maximum absolute atomic E-state index is 15.0. The zero-order valence-corrected chi connectivity index (χ0v) is 21.7. The number of hydrogen-bond donors (Lipinski definition) is 3. The highest BCUT2D eigenvalue weighted by Gasteiger charge is 2.44. The minimum Gasteiger partial charge on any atom is -0.443 e. The van der Waals surface area contributed by atoms with Crippen LogP contribution in [-0.2, 0) is 16.9 Å². The number of hydrogen-bond acceptors (Lipinski definition) is 6. The van der Waals surface area contributed by atoms with Gasteiger partial charge in [0.15, 0.2) is 5.11 Å². The molecular formula is C24H26F4N6O3S. The van der Waals surface area contributed by atoms with Crippen molar-refractivity contribution in [3.8, 4) is 0 Å². The van der Waals surface area contributed by atoms with Gasteiger partial charge in [0.1, 0.15) is 47.1 Å². The number of nitrogens with one attached hydrogen (secondary N) is 2. The van der Waals surface area contributed by atoms with E-state index in [1.807, 2.05) is 0 Å². The smallest absolute Gasteiger partial charge is 0.426 e. The van der Waals surface area contributed by atoms with E-state index in [1.54, 1.807) is 20.8 Å². The van der Waals surface area contributed by atoms with Gasteiger partial charge in [-0.1, -0.05) is 6.07 Å². The van der Waals surface area contributed by atoms with Crippen molar-refractivity contribution >= 4 is 29.1 Å². The predicted octanol–water partition coefficient (Wildman–Crippen LogP) is 4.25. The molecule has 3 N–H and O–H groups in total. The third-order valence-electron chi connectivity index (χ3n) is 5.35. The Kier molecular flexibility index (Phi) is 8.57. The lowest BCUT2D eigenvalue weighted by atomic mass is 9.86. The van der Waals surface area contributed by atoms with Gasteiger partial charge < -0.3 is 15.2 Å². The van der Waals surface area contributed by atoms with E-state index in [2.05, 4.69) is 20.8 Å². The Morgan fingerprint density at radius 3 is 2.32 bits per heavy atom. The first-order valence-electron chi connectivity index (χ1n) is 11.2. The summed E-state index contributed by atoms with van der Waals surface area (Å²) in [6.07, 6.45) is 1.44. The van der Waals surface area contributed by atoms with Crippen molar-refractivity contribution in [2.75, 3.05) is 5.32 Å². The maximum atomic E-state index is 15.0. The fourth-order valence-electron chi connectivity index (χ4n) is 3.55. The highest BCUT2D eigenvalue weighted by Crippen LogP contribution is 2.33. The molecule has 0 fully saturated rings. The summed E-state index contributed by atoms with van der Waals surface area (Å²) in [5.74, 6) is -3.78. The van der Waals surface area contributed by atoms with Crippen LogP contribution in [0, 0.1) is 23.3 Å². The topological polar surface area (TPSA) is 105 Å². The van der Waals surface area contributed by atoms with Crippen LogP contribution in [0.4, 0.5) is 28.0 Å². The van der Waals surface area contributed by atoms with E-state index >= 15 is 4.39 Å². The van der Waals surface area contributed by atoms with Crippen LogP contribution >= 0.6 is 12.2 Å². The van der Waals surface area contributed by atoms with Crippen molar-refractivity contribution in [3.05, 3.63) is 77.9 Å². The highest BCUT2D eigenvalue weighted by molar-refractivity contribution is 7.80. The van der Waals surface area contributed by atoms with Crippen molar-refractivity contribution in [3.63, 3.8) is 0 Å². The first kappa shape index (κ1) is 28.8. The number of aliphatic hydroxyl groups is 1. The van der Waals surface area contributed by atoms with E-state index in [0.29, 0.717) is 12.1 Å². The number of thiocarbonyl (C=S) groups is 1. The number of carbonyl (C=O) groups excluding carboxylic acids is 1. The van der Waals surface area contributed by atoms with Crippen LogP contribution in [0.1, 0.15) is 33.3 Å². The molecular weight excluding hydrogens is 528 g/mol. The first-order chi connectivity index (χ1) is 17.7. The SMILES string of the molecule is CC(N(NC(=O)OC(C)(C)C)C(=S)Nc1ccc(F)cc1F)C(O)(Cn1cncn1)c1ccc(F)cc1F. The summed E-state index contributed by atoms with van der Waals surface area (Å²) < 4.78 is 63.0. The Bertz CT molecular complexity index is 1300. The Morgan fingerprint density at radius 2 is 1.76 bits per heavy atom. The summed E-state index contributed by atoms with van der Waals surface area (Å²) in [4.78, 5) is 16.5. The van der Waals surface area contributed by atoms with E-state index < -0.39 is 53.2 Å². The second kappa shape index (κ2) is 11.3. The standard InChI is InChI=1S/C24H26F4N6O3S/c1-14(24(36,11-33-13-29-12-30-33)17-7-5-15(25)9-18(17)27)34(32-22(35)37-23(2,3)4)21(38)31-20-8-6-16(26)10-19(20)28/h5-10,12-14,36H,11H2,1-4H3,(H,31,38)(H,32,35). The van der Waals surface area contributed by atoms with E-state index in [0.717, 1.165) is 29.3 Å². The number of amides is 1. The molecule has 0 aliphatic carbocycles. The van der Waals surface area contributed by atoms with Crippen LogP contribution in [0.2, 0.25) is 0 Å². The zero-order valence-electron chi connectivity index (χ0n) is 20.9. The van der Waals surface area contributed by atoms with Crippen LogP contribution in [-0.4, -0.2) is 47.7 Å². The predicted molar refractivity (Wildman–Crippen MR) is 134 cm³/mol. The van der Waals surface area contributed by atoms with Crippen LogP contribution in [0.3, 0.4) is 0 Å². The van der Waals surface area contributed by atoms with Crippen molar-refractivity contribution in [2.24, 2.45) is 0 Å². The fourth-order valence-corrected chi connectivity index (χ4v) is 3.86. The molecule has 0 aliphatic heterocycles. The minimum atomic E-state index is -2.24. The van der Waals surface area contributed by atoms with Gasteiger partial charge in [-0.05, 0) is 58.1 Å². The average Bonchev–Trinajstić information content (AvgIpc) is 3.30. The maximum Gasteiger partial charge on any atom is 0.426 e. The summed E-state index contributed by atoms with van der Waals surface area (Å²) in [7, 11) is 0. The molecule has 1 aromatic heterocycles. The number of anilines is 1. The van der Waals surface area contributed by atoms with Gasteiger partial charge in [0, 0.05) is 17.7 Å². The van der Waals surface area contributed by atoms with Gasteiger partial charge in [0.25, 0.3) is 0 Å². The van der Waals surface area contributed by atoms with Crippen molar-refractivity contribution < 1.29 is 32.2 Å². The number of aromatic nitrogens is 3. The molecule has 9 nitrogen and oxygen atoms in total. The third kappa shape index (κ3) is 6.95. The molecule has 1 heterocycles. The van der Waals surface area contributed by atoms with Gasteiger partial charge >= 0.3 is 6.09 Å². The molecule has 3 rings (SSSR count). The molecule has 0 saturated carbocycles. The summed E-state index contributed by atoms with van der Waals surface area (Å²) in [5.41, 5.74) is -1.39. The normalized spacial score (nSPS) is 13.8. The van der Waals surface area contributed by atoms with Crippen molar-refractivity contribution in [2.45, 2.75) is 51.5 Å². The van der Waals surface area contributed by atoms with E-state index in [1.165, 1.54) is 24.3 Å². The van der Waals surface area contributed by atoms with Gasteiger partial charge in [0.2, 0.25) is 0 Å². The minimum absolute atomic E-state index is 0.243. The number of nitrogens with zero attached hydrogens (tertiary/aromatic N) is 4. The number of ether oxygens (including phenoxy) is 1. The fraction of sp³-hybridized carbons (Fsp3) is 0.333. The monoisotopic (exact) mass is 554 g/mol. The Balaban J connectivity index is 2.07. The molecule has 2 unspecified atom stereocenters. The number of carbonyl (C=O) groups is 1. The molecule has 38 heavy (non-hydrogen) atoms. The number of hydrazine groups is 1. The van der Waals surface area contributed by atoms with E-state index in [4.69, 9.17) is 17.0 Å². The van der Waals surface area contributed by atoms with Crippen molar-refractivity contribution in [1.82, 2.24) is 25.2 Å². The quantitative estimate of drug-likeness (QED) is 0.236. The summed E-state index contributed by atoms with van der Waals surface area (Å²) in [6, 6.07) is 3.93. The van der Waals surface area contributed by atoms with Crippen molar-refractivity contribution in [1.29, 1.82) is 0 Å². The molecule has 0 spiro atoms. The van der Waals surface area contributed by atoms with Gasteiger partial charge in [0.05, 0.1) is 18.3 Å². The molecule has 0 saturated heterocycles. The molecule has 3 aromatic rings. The van der Waals surface area contributed by atoms with Gasteiger partial charge in [-0.3, -0.25) is 5.01 Å². The Morgan fingerprint density at radius 1 is 1.13 bits per heavy atom. The van der Waals surface area contributed by atoms with Crippen LogP contribution < -0.4 is 10.7 Å². The zero-order chi connectivity index (χ0) is 28.3. The van der Waals surface area contributed by atoms with Crippen LogP contribution in [0.5, 0.6) is 0 Å². The number of rotatable bonds is 6. The van der Waals surface area contributed by atoms with Gasteiger partial charge in [-0.25, -0.2) is 37.4 Å². The van der Waals surface area contributed by atoms with Crippen LogP contribution in [0.15, 0.2) is 49.1 Å². The Hall–Kier alpha value is -3.78. The number of benzene rings is 2. The second-order valence-electron chi connectivity index (χ2n) is 9.36. The summed E-state index contributed by atoms with van der Waals surface area (Å²) in [6.45, 7) is 5.79. The van der Waals surface area contributed by atoms with Gasteiger partial charge in [-0.15, -0.1) is 0 Å². The first-order valence-corrected chi connectivity index (χ1v) is 11.7. The molecule has 14 heteroatoms. The molecule has 0 bridgehead atoms. The Labute approximate surface area is 221 Å². The molecule has 2 atom stereocenters. The molecule has 204 valence electrons. The number of halogens is 4.